The number of nitrogens with zero attached hydrogens (tertiary/aromatic N) is 1. The topological polar surface area (TPSA) is 79.3 Å². The first-order valence-corrected chi connectivity index (χ1v) is 8.11. The summed E-state index contributed by atoms with van der Waals surface area (Å²) in [5.74, 6) is -0.00426. The molecule has 0 aliphatic carbocycles. The molecule has 0 unspecified atom stereocenters. The van der Waals surface area contributed by atoms with Gasteiger partial charge in [0.15, 0.2) is 0 Å². The van der Waals surface area contributed by atoms with Crippen LogP contribution in [0.3, 0.4) is 0 Å². The van der Waals surface area contributed by atoms with Gasteiger partial charge in [-0.1, -0.05) is 0 Å². The molecule has 2 aromatic rings. The van der Waals surface area contributed by atoms with Gasteiger partial charge in [-0.25, -0.2) is 13.4 Å². The summed E-state index contributed by atoms with van der Waals surface area (Å²) < 4.78 is 36.5. The van der Waals surface area contributed by atoms with Gasteiger partial charge in [0.2, 0.25) is 0 Å². The van der Waals surface area contributed by atoms with Gasteiger partial charge in [-0.05, 0) is 30.5 Å². The van der Waals surface area contributed by atoms with Crippen LogP contribution in [-0.2, 0) is 10.4 Å². The summed E-state index contributed by atoms with van der Waals surface area (Å²) in [6, 6.07) is 6.16. The largest absolute Gasteiger partial charge is 0.716 e. The van der Waals surface area contributed by atoms with E-state index in [1.165, 1.54) is 23.5 Å². The van der Waals surface area contributed by atoms with Crippen molar-refractivity contribution in [2.24, 2.45) is 0 Å². The third-order valence-corrected chi connectivity index (χ3v) is 4.48. The zero-order chi connectivity index (χ0) is 13.2. The van der Waals surface area contributed by atoms with E-state index in [4.69, 9.17) is 0 Å². The zero-order valence-electron chi connectivity index (χ0n) is 9.19. The Morgan fingerprint density at radius 2 is 2.00 bits per heavy atom. The van der Waals surface area contributed by atoms with E-state index in [-0.39, 0.29) is 5.75 Å². The lowest BCUT2D eigenvalue weighted by Gasteiger charge is -2.08. The molecular weight excluding hydrogens is 294 g/mol. The monoisotopic (exact) mass is 302 g/mol. The van der Waals surface area contributed by atoms with E-state index < -0.39 is 10.4 Å². The van der Waals surface area contributed by atoms with E-state index in [2.05, 4.69) is 9.17 Å². The first-order valence-electron chi connectivity index (χ1n) is 4.73. The van der Waals surface area contributed by atoms with Crippen molar-refractivity contribution in [2.45, 2.75) is 4.21 Å². The molecule has 96 valence electrons. The summed E-state index contributed by atoms with van der Waals surface area (Å²) in [7, 11) is -4.72. The van der Waals surface area contributed by atoms with Crippen molar-refractivity contribution in [3.8, 4) is 16.3 Å². The molecule has 0 saturated heterocycles. The highest BCUT2D eigenvalue weighted by atomic mass is 32.3. The van der Waals surface area contributed by atoms with Gasteiger partial charge in [0.05, 0.1) is 10.4 Å². The smallest absolute Gasteiger partial charge is 0.262 e. The van der Waals surface area contributed by atoms with Gasteiger partial charge >= 0.3 is 0 Å². The summed E-state index contributed by atoms with van der Waals surface area (Å²) in [4.78, 5) is 4.24. The van der Waals surface area contributed by atoms with Crippen LogP contribution in [0, 0.1) is 0 Å². The molecular formula is C10H8NO4S3-. The number of hydrogen-bond donors (Lipinski definition) is 0. The molecule has 1 heterocycles. The number of thioether (sulfide) groups is 1. The van der Waals surface area contributed by atoms with Crippen LogP contribution in [0.1, 0.15) is 0 Å². The second-order valence-corrected chi connectivity index (χ2v) is 6.32. The average molecular weight is 302 g/mol. The average Bonchev–Trinajstić information content (AvgIpc) is 2.76. The van der Waals surface area contributed by atoms with Crippen LogP contribution < -0.4 is 4.18 Å². The van der Waals surface area contributed by atoms with E-state index in [0.29, 0.717) is 0 Å². The normalized spacial score (nSPS) is 11.4. The molecule has 0 aliphatic rings. The number of hydrogen-bond acceptors (Lipinski definition) is 7. The zero-order valence-corrected chi connectivity index (χ0v) is 11.6. The molecule has 0 N–H and O–H groups in total. The molecule has 0 fully saturated rings. The fourth-order valence-electron chi connectivity index (χ4n) is 1.26. The molecule has 18 heavy (non-hydrogen) atoms. The minimum absolute atomic E-state index is 0.00426. The van der Waals surface area contributed by atoms with Gasteiger partial charge in [0.25, 0.3) is 10.4 Å². The summed E-state index contributed by atoms with van der Waals surface area (Å²) in [6.45, 7) is 0. The third kappa shape index (κ3) is 3.45. The summed E-state index contributed by atoms with van der Waals surface area (Å²) >= 11 is 3.14. The van der Waals surface area contributed by atoms with Gasteiger partial charge in [-0.2, -0.15) is 0 Å². The highest BCUT2D eigenvalue weighted by Gasteiger charge is 2.05. The molecule has 0 radical (unpaired) electrons. The first-order chi connectivity index (χ1) is 8.48. The molecule has 0 aliphatic heterocycles. The number of thiazole rings is 1. The Bertz CT molecular complexity index is 633. The maximum absolute atomic E-state index is 10.4. The van der Waals surface area contributed by atoms with Crippen molar-refractivity contribution >= 4 is 33.5 Å². The Hall–Kier alpha value is -1.09. The molecule has 0 bridgehead atoms. The van der Waals surface area contributed by atoms with Gasteiger partial charge < -0.3 is 8.74 Å². The fraction of sp³-hybridized carbons (Fsp3) is 0.100. The van der Waals surface area contributed by atoms with Gasteiger partial charge in [-0.3, -0.25) is 0 Å². The van der Waals surface area contributed by atoms with Crippen molar-refractivity contribution < 1.29 is 17.2 Å². The van der Waals surface area contributed by atoms with Crippen molar-refractivity contribution in [3.05, 3.63) is 30.5 Å². The predicted molar refractivity (Wildman–Crippen MR) is 69.7 cm³/mol. The quantitative estimate of drug-likeness (QED) is 0.490. The minimum atomic E-state index is -4.72. The predicted octanol–water partition coefficient (Wildman–Crippen LogP) is 2.37. The Balaban J connectivity index is 2.22. The first kappa shape index (κ1) is 13.3. The lowest BCUT2D eigenvalue weighted by atomic mass is 10.2. The Morgan fingerprint density at radius 1 is 1.33 bits per heavy atom. The highest BCUT2D eigenvalue weighted by molar-refractivity contribution is 8.00. The standard InChI is InChI=1S/C10H9NO4S3/c1-16-9-6-11-10(17-9)7-2-4-8(5-3-7)15-18(12,13)14/h2-6H,1H3,(H,12,13,14)/p-1. The second-order valence-electron chi connectivity index (χ2n) is 3.20. The Labute approximate surface area is 113 Å². The third-order valence-electron chi connectivity index (χ3n) is 1.99. The maximum Gasteiger partial charge on any atom is 0.262 e. The molecule has 5 nitrogen and oxygen atoms in total. The molecule has 0 spiro atoms. The molecule has 0 saturated carbocycles. The Morgan fingerprint density at radius 3 is 2.50 bits per heavy atom. The number of benzene rings is 1. The SMILES string of the molecule is CSc1cnc(-c2ccc(OS(=O)(=O)[O-])cc2)s1. The minimum Gasteiger partial charge on any atom is -0.716 e. The number of rotatable bonds is 4. The van der Waals surface area contributed by atoms with Gasteiger partial charge in [-0.15, -0.1) is 23.1 Å². The second kappa shape index (κ2) is 5.27. The maximum atomic E-state index is 10.4. The van der Waals surface area contributed by atoms with E-state index >= 15 is 0 Å². The molecule has 0 atom stereocenters. The van der Waals surface area contributed by atoms with Gasteiger partial charge in [0.1, 0.15) is 10.8 Å². The summed E-state index contributed by atoms with van der Waals surface area (Å²) in [5.41, 5.74) is 0.843. The van der Waals surface area contributed by atoms with E-state index in [1.54, 1.807) is 30.1 Å². The van der Waals surface area contributed by atoms with E-state index in [1.807, 2.05) is 6.26 Å². The fourth-order valence-corrected chi connectivity index (χ4v) is 2.99. The molecule has 1 aromatic heterocycles. The van der Waals surface area contributed by atoms with Gasteiger partial charge in [0, 0.05) is 5.56 Å². The molecule has 0 amide bonds. The van der Waals surface area contributed by atoms with Crippen LogP contribution in [0.5, 0.6) is 5.75 Å². The van der Waals surface area contributed by atoms with Crippen molar-refractivity contribution in [3.63, 3.8) is 0 Å². The van der Waals surface area contributed by atoms with E-state index in [0.717, 1.165) is 14.8 Å². The van der Waals surface area contributed by atoms with Crippen molar-refractivity contribution in [1.29, 1.82) is 0 Å². The number of aromatic nitrogens is 1. The lowest BCUT2D eigenvalue weighted by molar-refractivity contribution is 0.372. The van der Waals surface area contributed by atoms with Crippen LogP contribution in [0.4, 0.5) is 0 Å². The highest BCUT2D eigenvalue weighted by Crippen LogP contribution is 2.31. The van der Waals surface area contributed by atoms with Crippen molar-refractivity contribution in [1.82, 2.24) is 4.98 Å². The van der Waals surface area contributed by atoms with Crippen LogP contribution in [0.2, 0.25) is 0 Å². The van der Waals surface area contributed by atoms with Crippen LogP contribution >= 0.6 is 23.1 Å². The summed E-state index contributed by atoms with van der Waals surface area (Å²) in [5, 5.41) is 0.830. The molecule has 8 heteroatoms. The molecule has 1 aromatic carbocycles. The molecule has 2 rings (SSSR count). The van der Waals surface area contributed by atoms with Crippen LogP contribution in [0.15, 0.2) is 34.7 Å². The Kier molecular flexibility index (Phi) is 3.91. The summed E-state index contributed by atoms with van der Waals surface area (Å²) in [6.07, 6.45) is 3.74. The van der Waals surface area contributed by atoms with E-state index in [9.17, 15) is 13.0 Å². The van der Waals surface area contributed by atoms with Crippen LogP contribution in [-0.4, -0.2) is 24.2 Å². The van der Waals surface area contributed by atoms with Crippen LogP contribution in [0.25, 0.3) is 10.6 Å². The lowest BCUT2D eigenvalue weighted by Crippen LogP contribution is -2.06. The van der Waals surface area contributed by atoms with Crippen molar-refractivity contribution in [2.75, 3.05) is 6.26 Å².